The van der Waals surface area contributed by atoms with E-state index in [2.05, 4.69) is 17.2 Å². The van der Waals surface area contributed by atoms with Crippen molar-refractivity contribution >= 4 is 34.6 Å². The van der Waals surface area contributed by atoms with Crippen molar-refractivity contribution in [3.8, 4) is 5.75 Å². The van der Waals surface area contributed by atoms with E-state index in [1.54, 1.807) is 13.2 Å². The lowest BCUT2D eigenvalue weighted by Gasteiger charge is -2.14. The van der Waals surface area contributed by atoms with Gasteiger partial charge in [0.05, 0.1) is 12.8 Å². The van der Waals surface area contributed by atoms with Crippen molar-refractivity contribution in [2.75, 3.05) is 19.0 Å². The van der Waals surface area contributed by atoms with E-state index in [1.165, 1.54) is 0 Å². The molecule has 0 heterocycles. The molecule has 0 unspecified atom stereocenters. The molecule has 98 valence electrons. The Hall–Kier alpha value is -1.26. The van der Waals surface area contributed by atoms with Gasteiger partial charge in [0, 0.05) is 17.6 Å². The van der Waals surface area contributed by atoms with Gasteiger partial charge in [0.25, 0.3) is 0 Å². The minimum Gasteiger partial charge on any atom is -0.495 e. The monoisotopic (exact) mass is 284 g/mol. The lowest BCUT2D eigenvalue weighted by molar-refractivity contribution is 0.417. The van der Waals surface area contributed by atoms with Crippen molar-refractivity contribution < 1.29 is 4.74 Å². The summed E-state index contributed by atoms with van der Waals surface area (Å²) >= 11 is 11.2. The number of hydrogen-bond donors (Lipinski definition) is 2. The third kappa shape index (κ3) is 4.20. The minimum absolute atomic E-state index is 0.526. The zero-order valence-corrected chi connectivity index (χ0v) is 12.3. The predicted octanol–water partition coefficient (Wildman–Crippen LogP) is 3.52. The highest BCUT2D eigenvalue weighted by Gasteiger charge is 2.08. The van der Waals surface area contributed by atoms with Crippen LogP contribution in [0.25, 0.3) is 0 Å². The van der Waals surface area contributed by atoms with Gasteiger partial charge in [-0.25, -0.2) is 0 Å². The minimum atomic E-state index is 0.526. The Morgan fingerprint density at radius 2 is 2.17 bits per heavy atom. The number of ether oxygens (including phenoxy) is 1. The molecule has 3 nitrogen and oxygen atoms in total. The molecule has 1 aromatic carbocycles. The van der Waals surface area contributed by atoms with Crippen LogP contribution in [0.3, 0.4) is 0 Å². The number of hydrogen-bond acceptors (Lipinski definition) is 2. The van der Waals surface area contributed by atoms with Crippen LogP contribution < -0.4 is 15.4 Å². The van der Waals surface area contributed by atoms with Gasteiger partial charge in [-0.05, 0) is 37.7 Å². The first-order chi connectivity index (χ1) is 8.43. The molecule has 0 aliphatic heterocycles. The van der Waals surface area contributed by atoms with Crippen molar-refractivity contribution in [2.24, 2.45) is 0 Å². The van der Waals surface area contributed by atoms with Crippen LogP contribution in [-0.2, 0) is 0 Å². The molecule has 0 bridgehead atoms. The van der Waals surface area contributed by atoms with Gasteiger partial charge in [-0.3, -0.25) is 0 Å². The molecule has 1 aromatic rings. The average Bonchev–Trinajstić information content (AvgIpc) is 2.31. The molecule has 0 amide bonds. The fourth-order valence-electron chi connectivity index (χ4n) is 1.33. The molecule has 0 fully saturated rings. The molecule has 0 aromatic heterocycles. The molecule has 0 aliphatic carbocycles. The number of rotatable bonds is 4. The molecule has 0 aliphatic rings. The maximum atomic E-state index is 6.04. The van der Waals surface area contributed by atoms with E-state index in [-0.39, 0.29) is 0 Å². The molecule has 1 rings (SSSR count). The van der Waals surface area contributed by atoms with E-state index in [0.29, 0.717) is 22.4 Å². The zero-order valence-electron chi connectivity index (χ0n) is 10.8. The highest BCUT2D eigenvalue weighted by molar-refractivity contribution is 7.80. The SMILES string of the molecule is C=C(C)CNC(=S)Nc1cc(C)c(Cl)cc1OC. The second-order valence-electron chi connectivity index (χ2n) is 4.07. The van der Waals surface area contributed by atoms with Gasteiger partial charge >= 0.3 is 0 Å². The predicted molar refractivity (Wildman–Crippen MR) is 81.8 cm³/mol. The summed E-state index contributed by atoms with van der Waals surface area (Å²) in [5, 5.41) is 7.32. The molecule has 5 heteroatoms. The zero-order chi connectivity index (χ0) is 13.7. The molecule has 0 radical (unpaired) electrons. The van der Waals surface area contributed by atoms with Crippen molar-refractivity contribution in [3.05, 3.63) is 34.9 Å². The van der Waals surface area contributed by atoms with Crippen molar-refractivity contribution in [3.63, 3.8) is 0 Å². The highest BCUT2D eigenvalue weighted by atomic mass is 35.5. The fourth-order valence-corrected chi connectivity index (χ4v) is 1.66. The number of methoxy groups -OCH3 is 1. The van der Waals surface area contributed by atoms with Gasteiger partial charge in [0.1, 0.15) is 5.75 Å². The first-order valence-electron chi connectivity index (χ1n) is 5.47. The average molecular weight is 285 g/mol. The second kappa shape index (κ2) is 6.61. The van der Waals surface area contributed by atoms with Crippen LogP contribution in [-0.4, -0.2) is 18.8 Å². The summed E-state index contributed by atoms with van der Waals surface area (Å²) in [7, 11) is 1.59. The van der Waals surface area contributed by atoms with E-state index in [1.807, 2.05) is 19.9 Å². The maximum absolute atomic E-state index is 6.04. The number of halogens is 1. The molecular formula is C13H17ClN2OS. The van der Waals surface area contributed by atoms with Crippen LogP contribution in [0.15, 0.2) is 24.3 Å². The number of benzene rings is 1. The number of aryl methyl sites for hydroxylation is 1. The summed E-state index contributed by atoms with van der Waals surface area (Å²) < 4.78 is 5.26. The van der Waals surface area contributed by atoms with Crippen molar-refractivity contribution in [2.45, 2.75) is 13.8 Å². The normalized spacial score (nSPS) is 9.78. The summed E-state index contributed by atoms with van der Waals surface area (Å²) in [6.45, 7) is 8.30. The Balaban J connectivity index is 2.80. The van der Waals surface area contributed by atoms with Crippen LogP contribution >= 0.6 is 23.8 Å². The molecule has 18 heavy (non-hydrogen) atoms. The van der Waals surface area contributed by atoms with Gasteiger partial charge in [0.15, 0.2) is 5.11 Å². The van der Waals surface area contributed by atoms with Crippen molar-refractivity contribution in [1.29, 1.82) is 0 Å². The van der Waals surface area contributed by atoms with Gasteiger partial charge in [-0.15, -0.1) is 0 Å². The van der Waals surface area contributed by atoms with Gasteiger partial charge in [-0.2, -0.15) is 0 Å². The van der Waals surface area contributed by atoms with E-state index in [9.17, 15) is 0 Å². The smallest absolute Gasteiger partial charge is 0.171 e. The van der Waals surface area contributed by atoms with Crippen LogP contribution in [0.4, 0.5) is 5.69 Å². The summed E-state index contributed by atoms with van der Waals surface area (Å²) in [6, 6.07) is 3.66. The van der Waals surface area contributed by atoms with Crippen LogP contribution in [0.2, 0.25) is 5.02 Å². The highest BCUT2D eigenvalue weighted by Crippen LogP contribution is 2.30. The summed E-state index contributed by atoms with van der Waals surface area (Å²) in [6.07, 6.45) is 0. The second-order valence-corrected chi connectivity index (χ2v) is 4.88. The van der Waals surface area contributed by atoms with Gasteiger partial charge < -0.3 is 15.4 Å². The molecule has 2 N–H and O–H groups in total. The molecule has 0 saturated carbocycles. The number of nitrogens with one attached hydrogen (secondary N) is 2. The quantitative estimate of drug-likeness (QED) is 0.655. The third-order valence-corrected chi connectivity index (χ3v) is 2.93. The standard InChI is InChI=1S/C13H17ClN2OS/c1-8(2)7-15-13(18)16-11-5-9(3)10(14)6-12(11)17-4/h5-6H,1,7H2,2-4H3,(H2,15,16,18). The topological polar surface area (TPSA) is 33.3 Å². The van der Waals surface area contributed by atoms with E-state index in [4.69, 9.17) is 28.6 Å². The summed E-state index contributed by atoms with van der Waals surface area (Å²) in [4.78, 5) is 0. The summed E-state index contributed by atoms with van der Waals surface area (Å²) in [5.74, 6) is 0.657. The lowest BCUT2D eigenvalue weighted by Crippen LogP contribution is -2.29. The Morgan fingerprint density at radius 1 is 1.50 bits per heavy atom. The first-order valence-corrected chi connectivity index (χ1v) is 6.26. The molecule has 0 atom stereocenters. The third-order valence-electron chi connectivity index (χ3n) is 2.28. The van der Waals surface area contributed by atoms with Crippen LogP contribution in [0.1, 0.15) is 12.5 Å². The number of anilines is 1. The first kappa shape index (κ1) is 14.8. The maximum Gasteiger partial charge on any atom is 0.171 e. The number of thiocarbonyl (C=S) groups is 1. The van der Waals surface area contributed by atoms with Crippen molar-refractivity contribution in [1.82, 2.24) is 5.32 Å². The Kier molecular flexibility index (Phi) is 5.44. The Labute approximate surface area is 118 Å². The molecule has 0 saturated heterocycles. The van der Waals surface area contributed by atoms with Crippen LogP contribution in [0.5, 0.6) is 5.75 Å². The van der Waals surface area contributed by atoms with E-state index < -0.39 is 0 Å². The van der Waals surface area contributed by atoms with E-state index in [0.717, 1.165) is 16.8 Å². The van der Waals surface area contributed by atoms with Crippen LogP contribution in [0, 0.1) is 6.92 Å². The molecular weight excluding hydrogens is 268 g/mol. The summed E-state index contributed by atoms with van der Waals surface area (Å²) in [5.41, 5.74) is 2.76. The van der Waals surface area contributed by atoms with Gasteiger partial charge in [0.2, 0.25) is 0 Å². The lowest BCUT2D eigenvalue weighted by atomic mass is 10.2. The molecule has 0 spiro atoms. The Bertz CT molecular complexity index is 474. The van der Waals surface area contributed by atoms with Gasteiger partial charge in [-0.1, -0.05) is 23.8 Å². The fraction of sp³-hybridized carbons (Fsp3) is 0.308. The largest absolute Gasteiger partial charge is 0.495 e. The van der Waals surface area contributed by atoms with E-state index >= 15 is 0 Å². The Morgan fingerprint density at radius 3 is 2.72 bits per heavy atom.